The molecule has 2 rings (SSSR count). The van der Waals surface area contributed by atoms with Crippen LogP contribution in [-0.4, -0.2) is 16.2 Å². The highest BCUT2D eigenvalue weighted by molar-refractivity contribution is 5.32. The highest BCUT2D eigenvalue weighted by Crippen LogP contribution is 2.24. The van der Waals surface area contributed by atoms with Crippen molar-refractivity contribution in [1.82, 2.24) is 15.5 Å². The van der Waals surface area contributed by atoms with Gasteiger partial charge in [-0.25, -0.2) is 4.39 Å². The Morgan fingerprint density at radius 3 is 2.65 bits per heavy atom. The zero-order valence-corrected chi connectivity index (χ0v) is 11.9. The maximum Gasteiger partial charge on any atom is 0.239 e. The predicted molar refractivity (Wildman–Crippen MR) is 75.2 cm³/mol. The van der Waals surface area contributed by atoms with Gasteiger partial charge in [0.2, 0.25) is 5.88 Å². The second-order valence-corrected chi connectivity index (χ2v) is 4.89. The van der Waals surface area contributed by atoms with Crippen molar-refractivity contribution in [3.63, 3.8) is 0 Å². The summed E-state index contributed by atoms with van der Waals surface area (Å²) in [5.41, 5.74) is 1.35. The zero-order valence-electron chi connectivity index (χ0n) is 11.9. The van der Waals surface area contributed by atoms with Crippen LogP contribution < -0.4 is 10.1 Å². The van der Waals surface area contributed by atoms with Gasteiger partial charge < -0.3 is 10.1 Å². The van der Waals surface area contributed by atoms with Crippen LogP contribution in [-0.2, 0) is 6.54 Å². The normalized spacial score (nSPS) is 10.8. The van der Waals surface area contributed by atoms with Crippen molar-refractivity contribution >= 4 is 0 Å². The summed E-state index contributed by atoms with van der Waals surface area (Å²) in [7, 11) is 0. The molecule has 5 heteroatoms. The molecule has 0 aliphatic carbocycles. The van der Waals surface area contributed by atoms with Crippen LogP contribution in [0, 0.1) is 12.7 Å². The average Bonchev–Trinajstić information content (AvgIpc) is 2.43. The molecule has 0 radical (unpaired) electrons. The predicted octanol–water partition coefficient (Wildman–Crippen LogP) is 3.21. The van der Waals surface area contributed by atoms with Crippen LogP contribution in [0.2, 0.25) is 0 Å². The summed E-state index contributed by atoms with van der Waals surface area (Å²) in [5, 5.41) is 11.2. The molecule has 0 unspecified atom stereocenters. The Labute approximate surface area is 118 Å². The summed E-state index contributed by atoms with van der Waals surface area (Å²) < 4.78 is 19.2. The first-order valence-corrected chi connectivity index (χ1v) is 6.55. The second kappa shape index (κ2) is 6.43. The van der Waals surface area contributed by atoms with Gasteiger partial charge in [0.15, 0.2) is 11.6 Å². The number of aromatic nitrogens is 2. The molecule has 0 aliphatic heterocycles. The van der Waals surface area contributed by atoms with Crippen LogP contribution >= 0.6 is 0 Å². The van der Waals surface area contributed by atoms with Gasteiger partial charge in [-0.15, -0.1) is 5.10 Å². The topological polar surface area (TPSA) is 47.0 Å². The van der Waals surface area contributed by atoms with Gasteiger partial charge in [0.1, 0.15) is 0 Å². The van der Waals surface area contributed by atoms with E-state index in [1.165, 1.54) is 0 Å². The molecular formula is C15H18FN3O. The molecule has 1 aromatic heterocycles. The van der Waals surface area contributed by atoms with Crippen molar-refractivity contribution in [2.24, 2.45) is 0 Å². The molecule has 0 saturated carbocycles. The molecule has 1 heterocycles. The smallest absolute Gasteiger partial charge is 0.239 e. The highest BCUT2D eigenvalue weighted by atomic mass is 19.1. The van der Waals surface area contributed by atoms with Crippen molar-refractivity contribution in [3.8, 4) is 11.6 Å². The van der Waals surface area contributed by atoms with Crippen molar-refractivity contribution in [1.29, 1.82) is 0 Å². The molecule has 20 heavy (non-hydrogen) atoms. The maximum atomic E-state index is 13.8. The van der Waals surface area contributed by atoms with Crippen LogP contribution in [0.3, 0.4) is 0 Å². The minimum atomic E-state index is -0.375. The summed E-state index contributed by atoms with van der Waals surface area (Å²) in [6.07, 6.45) is 0. The van der Waals surface area contributed by atoms with Gasteiger partial charge in [-0.2, -0.15) is 5.10 Å². The van der Waals surface area contributed by atoms with E-state index in [1.54, 1.807) is 31.2 Å². The van der Waals surface area contributed by atoms with Crippen LogP contribution in [0.15, 0.2) is 30.3 Å². The number of aryl methyl sites for hydroxylation is 1. The second-order valence-electron chi connectivity index (χ2n) is 4.89. The zero-order chi connectivity index (χ0) is 14.5. The van der Waals surface area contributed by atoms with Crippen molar-refractivity contribution in [3.05, 3.63) is 47.4 Å². The summed E-state index contributed by atoms with van der Waals surface area (Å²) in [4.78, 5) is 0. The van der Waals surface area contributed by atoms with E-state index in [1.807, 2.05) is 6.07 Å². The number of benzene rings is 1. The number of ether oxygens (including phenoxy) is 1. The molecule has 0 atom stereocenters. The first kappa shape index (κ1) is 14.4. The molecule has 1 aromatic carbocycles. The molecule has 0 spiro atoms. The Hall–Kier alpha value is -2.01. The Morgan fingerprint density at radius 1 is 1.20 bits per heavy atom. The fraction of sp³-hybridized carbons (Fsp3) is 0.333. The van der Waals surface area contributed by atoms with Gasteiger partial charge in [-0.3, -0.25) is 0 Å². The van der Waals surface area contributed by atoms with Crippen LogP contribution in [0.1, 0.15) is 25.1 Å². The van der Waals surface area contributed by atoms with Crippen molar-refractivity contribution in [2.75, 3.05) is 0 Å². The van der Waals surface area contributed by atoms with E-state index in [-0.39, 0.29) is 17.4 Å². The number of nitrogens with zero attached hydrogens (tertiary/aromatic N) is 2. The van der Waals surface area contributed by atoms with E-state index in [9.17, 15) is 4.39 Å². The number of halogens is 1. The van der Waals surface area contributed by atoms with E-state index >= 15 is 0 Å². The lowest BCUT2D eigenvalue weighted by atomic mass is 10.2. The first-order chi connectivity index (χ1) is 9.56. The van der Waals surface area contributed by atoms with E-state index in [0.29, 0.717) is 18.2 Å². The number of rotatable bonds is 5. The molecule has 4 nitrogen and oxygen atoms in total. The molecule has 0 saturated heterocycles. The minimum absolute atomic E-state index is 0.160. The van der Waals surface area contributed by atoms with E-state index in [2.05, 4.69) is 29.4 Å². The molecule has 0 amide bonds. The summed E-state index contributed by atoms with van der Waals surface area (Å²) >= 11 is 0. The fourth-order valence-corrected chi connectivity index (χ4v) is 1.62. The lowest BCUT2D eigenvalue weighted by Crippen LogP contribution is -2.22. The molecule has 106 valence electrons. The molecule has 2 aromatic rings. The molecule has 1 N–H and O–H groups in total. The minimum Gasteiger partial charge on any atom is -0.434 e. The molecular weight excluding hydrogens is 257 g/mol. The van der Waals surface area contributed by atoms with Gasteiger partial charge in [-0.05, 0) is 24.6 Å². The summed E-state index contributed by atoms with van der Waals surface area (Å²) in [5.74, 6) is 0.0648. The first-order valence-electron chi connectivity index (χ1n) is 6.55. The quantitative estimate of drug-likeness (QED) is 0.910. The van der Waals surface area contributed by atoms with Gasteiger partial charge in [-0.1, -0.05) is 26.0 Å². The number of nitrogens with one attached hydrogen (secondary N) is 1. The van der Waals surface area contributed by atoms with Crippen molar-refractivity contribution < 1.29 is 9.13 Å². The molecule has 0 aliphatic rings. The monoisotopic (exact) mass is 275 g/mol. The van der Waals surface area contributed by atoms with Gasteiger partial charge >= 0.3 is 0 Å². The average molecular weight is 275 g/mol. The Bertz CT molecular complexity index is 570. The van der Waals surface area contributed by atoms with Gasteiger partial charge in [0, 0.05) is 18.7 Å². The van der Waals surface area contributed by atoms with E-state index in [0.717, 1.165) is 5.69 Å². The largest absolute Gasteiger partial charge is 0.434 e. The third-order valence-corrected chi connectivity index (χ3v) is 2.76. The molecule has 0 bridgehead atoms. The van der Waals surface area contributed by atoms with Crippen molar-refractivity contribution in [2.45, 2.75) is 33.4 Å². The Kier molecular flexibility index (Phi) is 4.63. The lowest BCUT2D eigenvalue weighted by molar-refractivity contribution is 0.418. The summed E-state index contributed by atoms with van der Waals surface area (Å²) in [6, 6.07) is 8.88. The van der Waals surface area contributed by atoms with Crippen LogP contribution in [0.5, 0.6) is 11.6 Å². The number of hydrogen-bond acceptors (Lipinski definition) is 4. The molecule has 0 fully saturated rings. The lowest BCUT2D eigenvalue weighted by Gasteiger charge is -2.08. The third kappa shape index (κ3) is 3.74. The van der Waals surface area contributed by atoms with E-state index < -0.39 is 0 Å². The van der Waals surface area contributed by atoms with Gasteiger partial charge in [0.05, 0.1) is 5.69 Å². The SMILES string of the molecule is Cc1cccc(Oc2ccc(CNC(C)C)nn2)c1F. The van der Waals surface area contributed by atoms with Crippen LogP contribution in [0.25, 0.3) is 0 Å². The fourth-order valence-electron chi connectivity index (χ4n) is 1.62. The van der Waals surface area contributed by atoms with E-state index in [4.69, 9.17) is 4.74 Å². The maximum absolute atomic E-state index is 13.8. The Balaban J connectivity index is 2.05. The third-order valence-electron chi connectivity index (χ3n) is 2.76. The van der Waals surface area contributed by atoms with Crippen LogP contribution in [0.4, 0.5) is 4.39 Å². The highest BCUT2D eigenvalue weighted by Gasteiger charge is 2.08. The number of hydrogen-bond donors (Lipinski definition) is 1. The summed E-state index contributed by atoms with van der Waals surface area (Å²) in [6.45, 7) is 6.45. The van der Waals surface area contributed by atoms with Gasteiger partial charge in [0.25, 0.3) is 0 Å². The Morgan fingerprint density at radius 2 is 2.00 bits per heavy atom. The standard InChI is InChI=1S/C15H18FN3O/c1-10(2)17-9-12-7-8-14(19-18-12)20-13-6-4-5-11(3)15(13)16/h4-8,10,17H,9H2,1-3H3.